The Bertz CT molecular complexity index is 441. The van der Waals surface area contributed by atoms with Crippen molar-refractivity contribution >= 4 is 23.6 Å². The largest absolute Gasteiger partial charge is 0.356 e. The number of hydrogen-bond acceptors (Lipinski definition) is 3. The first-order chi connectivity index (χ1) is 11.5. The number of hydrogen-bond donors (Lipinski definition) is 1. The van der Waals surface area contributed by atoms with Crippen LogP contribution in [0.1, 0.15) is 46.5 Å². The van der Waals surface area contributed by atoms with Crippen molar-refractivity contribution in [2.75, 3.05) is 39.0 Å². The third-order valence-corrected chi connectivity index (χ3v) is 6.63. The highest BCUT2D eigenvalue weighted by Crippen LogP contribution is 2.24. The Hall–Kier alpha value is -0.910. The summed E-state index contributed by atoms with van der Waals surface area (Å²) in [6.45, 7) is 10.4. The molecule has 2 aliphatic rings. The topological polar surface area (TPSA) is 47.9 Å². The molecule has 2 rings (SSSR count). The highest BCUT2D eigenvalue weighted by Gasteiger charge is 2.25. The van der Waals surface area contributed by atoms with Gasteiger partial charge in [0.15, 0.2) is 5.96 Å². The fourth-order valence-electron chi connectivity index (χ4n) is 3.50. The molecular weight excluding hydrogens is 320 g/mol. The third kappa shape index (κ3) is 5.30. The lowest BCUT2D eigenvalue weighted by molar-refractivity contribution is -0.134. The molecule has 2 fully saturated rings. The van der Waals surface area contributed by atoms with Crippen LogP contribution in [0.2, 0.25) is 0 Å². The molecule has 6 heteroatoms. The standard InChI is InChI=1S/C18H34N4OS/c1-14(2)16-13-21(11-12-24-16)18(19-4)20-9-8-17(23)22-10-6-5-7-15(22)3/h14-16H,5-13H2,1-4H3,(H,19,20). The first kappa shape index (κ1) is 19.4. The second-order valence-electron chi connectivity index (χ2n) is 7.26. The van der Waals surface area contributed by atoms with Crippen molar-refractivity contribution in [1.82, 2.24) is 15.1 Å². The molecule has 1 N–H and O–H groups in total. The normalized spacial score (nSPS) is 26.0. The van der Waals surface area contributed by atoms with Crippen molar-refractivity contribution < 1.29 is 4.79 Å². The van der Waals surface area contributed by atoms with E-state index in [-0.39, 0.29) is 5.91 Å². The Morgan fingerprint density at radius 3 is 2.79 bits per heavy atom. The van der Waals surface area contributed by atoms with E-state index in [1.54, 1.807) is 0 Å². The number of likely N-dealkylation sites (tertiary alicyclic amines) is 1. The van der Waals surface area contributed by atoms with E-state index in [4.69, 9.17) is 0 Å². The molecule has 24 heavy (non-hydrogen) atoms. The number of nitrogens with zero attached hydrogens (tertiary/aromatic N) is 3. The maximum atomic E-state index is 12.4. The van der Waals surface area contributed by atoms with Gasteiger partial charge in [0.2, 0.25) is 5.91 Å². The summed E-state index contributed by atoms with van der Waals surface area (Å²) >= 11 is 2.07. The number of aliphatic imine (C=N–C) groups is 1. The van der Waals surface area contributed by atoms with Crippen LogP contribution in [0.4, 0.5) is 0 Å². The van der Waals surface area contributed by atoms with E-state index in [1.807, 2.05) is 7.05 Å². The van der Waals surface area contributed by atoms with Crippen molar-refractivity contribution in [3.05, 3.63) is 0 Å². The first-order valence-electron chi connectivity index (χ1n) is 9.39. The third-order valence-electron chi connectivity index (χ3n) is 5.09. The molecule has 5 nitrogen and oxygen atoms in total. The summed E-state index contributed by atoms with van der Waals surface area (Å²) in [5, 5.41) is 4.06. The molecule has 0 bridgehead atoms. The Morgan fingerprint density at radius 2 is 2.12 bits per heavy atom. The lowest BCUT2D eigenvalue weighted by Crippen LogP contribution is -2.50. The molecule has 0 aromatic carbocycles. The number of rotatable bonds is 4. The SMILES string of the molecule is CN=C(NCCC(=O)N1CCCCC1C)N1CCSC(C(C)C)C1. The van der Waals surface area contributed by atoms with E-state index in [9.17, 15) is 4.79 Å². The van der Waals surface area contributed by atoms with E-state index in [2.05, 4.69) is 52.6 Å². The number of guanidine groups is 1. The zero-order valence-corrected chi connectivity index (χ0v) is 16.6. The summed E-state index contributed by atoms with van der Waals surface area (Å²) in [6.07, 6.45) is 4.09. The van der Waals surface area contributed by atoms with Gasteiger partial charge in [-0.25, -0.2) is 0 Å². The Balaban J connectivity index is 1.78. The van der Waals surface area contributed by atoms with Gasteiger partial charge in [-0.3, -0.25) is 9.79 Å². The Kier molecular flexibility index (Phi) is 7.72. The van der Waals surface area contributed by atoms with E-state index < -0.39 is 0 Å². The van der Waals surface area contributed by atoms with Gasteiger partial charge >= 0.3 is 0 Å². The Labute approximate surface area is 151 Å². The van der Waals surface area contributed by atoms with Gasteiger partial charge in [0.05, 0.1) is 0 Å². The number of nitrogens with one attached hydrogen (secondary N) is 1. The van der Waals surface area contributed by atoms with Crippen LogP contribution in [0.15, 0.2) is 4.99 Å². The van der Waals surface area contributed by atoms with Gasteiger partial charge in [-0.15, -0.1) is 0 Å². The molecule has 0 aromatic rings. The van der Waals surface area contributed by atoms with Crippen molar-refractivity contribution in [2.24, 2.45) is 10.9 Å². The maximum Gasteiger partial charge on any atom is 0.224 e. The summed E-state index contributed by atoms with van der Waals surface area (Å²) in [7, 11) is 1.84. The molecule has 2 unspecified atom stereocenters. The molecule has 2 saturated heterocycles. The van der Waals surface area contributed by atoms with Gasteiger partial charge in [0, 0.05) is 56.7 Å². The highest BCUT2D eigenvalue weighted by molar-refractivity contribution is 8.00. The quantitative estimate of drug-likeness (QED) is 0.622. The van der Waals surface area contributed by atoms with Crippen molar-refractivity contribution in [1.29, 1.82) is 0 Å². The zero-order chi connectivity index (χ0) is 17.5. The number of carbonyl (C=O) groups is 1. The maximum absolute atomic E-state index is 12.4. The van der Waals surface area contributed by atoms with Crippen LogP contribution in [0.5, 0.6) is 0 Å². The minimum absolute atomic E-state index is 0.277. The van der Waals surface area contributed by atoms with E-state index >= 15 is 0 Å². The highest BCUT2D eigenvalue weighted by atomic mass is 32.2. The molecule has 138 valence electrons. The van der Waals surface area contributed by atoms with Crippen molar-refractivity contribution in [2.45, 2.75) is 57.7 Å². The summed E-state index contributed by atoms with van der Waals surface area (Å²) in [5.74, 6) is 3.05. The molecule has 1 amide bonds. The van der Waals surface area contributed by atoms with Gasteiger partial charge in [-0.2, -0.15) is 11.8 Å². The summed E-state index contributed by atoms with van der Waals surface area (Å²) in [5.41, 5.74) is 0. The van der Waals surface area contributed by atoms with Gasteiger partial charge in [0.1, 0.15) is 0 Å². The van der Waals surface area contributed by atoms with Crippen molar-refractivity contribution in [3.63, 3.8) is 0 Å². The molecule has 0 saturated carbocycles. The van der Waals surface area contributed by atoms with E-state index in [0.29, 0.717) is 30.2 Å². The van der Waals surface area contributed by atoms with Crippen LogP contribution in [-0.4, -0.2) is 71.9 Å². The average Bonchev–Trinajstić information content (AvgIpc) is 2.59. The molecule has 0 aliphatic carbocycles. The van der Waals surface area contributed by atoms with Gasteiger partial charge < -0.3 is 15.1 Å². The van der Waals surface area contributed by atoms with E-state index in [0.717, 1.165) is 44.2 Å². The molecule has 2 atom stereocenters. The number of thioether (sulfide) groups is 1. The van der Waals surface area contributed by atoms with Gasteiger partial charge in [0.25, 0.3) is 0 Å². The van der Waals surface area contributed by atoms with Crippen LogP contribution in [0.3, 0.4) is 0 Å². The molecule has 0 radical (unpaired) electrons. The summed E-state index contributed by atoms with van der Waals surface area (Å²) in [4.78, 5) is 21.3. The minimum atomic E-state index is 0.277. The predicted octanol–water partition coefficient (Wildman–Crippen LogP) is 2.43. The Morgan fingerprint density at radius 1 is 1.33 bits per heavy atom. The summed E-state index contributed by atoms with van der Waals surface area (Å²) < 4.78 is 0. The number of piperidine rings is 1. The lowest BCUT2D eigenvalue weighted by Gasteiger charge is -2.36. The first-order valence-corrected chi connectivity index (χ1v) is 10.4. The monoisotopic (exact) mass is 354 g/mol. The summed E-state index contributed by atoms with van der Waals surface area (Å²) in [6, 6.07) is 0.400. The smallest absolute Gasteiger partial charge is 0.224 e. The molecular formula is C18H34N4OS. The lowest BCUT2D eigenvalue weighted by atomic mass is 10.0. The van der Waals surface area contributed by atoms with Gasteiger partial charge in [-0.05, 0) is 32.1 Å². The van der Waals surface area contributed by atoms with Crippen LogP contribution >= 0.6 is 11.8 Å². The van der Waals surface area contributed by atoms with Crippen molar-refractivity contribution in [3.8, 4) is 0 Å². The molecule has 2 heterocycles. The fourth-order valence-corrected chi connectivity index (χ4v) is 4.80. The van der Waals surface area contributed by atoms with E-state index in [1.165, 1.54) is 6.42 Å². The van der Waals surface area contributed by atoms with Crippen LogP contribution < -0.4 is 5.32 Å². The van der Waals surface area contributed by atoms with Crippen LogP contribution in [0.25, 0.3) is 0 Å². The second kappa shape index (κ2) is 9.54. The minimum Gasteiger partial charge on any atom is -0.356 e. The average molecular weight is 355 g/mol. The number of carbonyl (C=O) groups excluding carboxylic acids is 1. The fraction of sp³-hybridized carbons (Fsp3) is 0.889. The predicted molar refractivity (Wildman–Crippen MR) is 104 cm³/mol. The number of amides is 1. The van der Waals surface area contributed by atoms with Crippen LogP contribution in [-0.2, 0) is 4.79 Å². The van der Waals surface area contributed by atoms with Gasteiger partial charge in [-0.1, -0.05) is 13.8 Å². The molecule has 0 spiro atoms. The van der Waals surface area contributed by atoms with Crippen LogP contribution in [0, 0.1) is 5.92 Å². The zero-order valence-electron chi connectivity index (χ0n) is 15.8. The molecule has 0 aromatic heterocycles. The second-order valence-corrected chi connectivity index (χ2v) is 8.60. The molecule has 2 aliphatic heterocycles.